The number of aromatic nitrogens is 3. The molecule has 0 spiro atoms. The maximum Gasteiger partial charge on any atom is 0.0751 e. The van der Waals surface area contributed by atoms with Crippen LogP contribution in [0.15, 0.2) is 24.5 Å². The van der Waals surface area contributed by atoms with E-state index in [2.05, 4.69) is 5.10 Å². The minimum Gasteiger partial charge on any atom is -0.381 e. The Morgan fingerprint density at radius 2 is 2.11 bits per heavy atom. The first kappa shape index (κ1) is 12.6. The van der Waals surface area contributed by atoms with Crippen molar-refractivity contribution in [1.82, 2.24) is 14.8 Å². The molecule has 0 unspecified atom stereocenters. The van der Waals surface area contributed by atoms with Crippen molar-refractivity contribution in [1.29, 1.82) is 0 Å². The second kappa shape index (κ2) is 5.31. The van der Waals surface area contributed by atoms with Gasteiger partial charge in [-0.25, -0.2) is 0 Å². The molecule has 19 heavy (non-hydrogen) atoms. The molecule has 0 atom stereocenters. The van der Waals surface area contributed by atoms with Crippen LogP contribution in [0.2, 0.25) is 5.02 Å². The topological polar surface area (TPSA) is 39.9 Å². The number of nitrogens with zero attached hydrogens (tertiary/aromatic N) is 3. The zero-order chi connectivity index (χ0) is 13.2. The average molecular weight is 278 g/mol. The summed E-state index contributed by atoms with van der Waals surface area (Å²) >= 11 is 6.23. The molecule has 3 rings (SSSR count). The van der Waals surface area contributed by atoms with Gasteiger partial charge in [0.2, 0.25) is 0 Å². The van der Waals surface area contributed by atoms with Gasteiger partial charge in [-0.05, 0) is 25.0 Å². The van der Waals surface area contributed by atoms with Gasteiger partial charge in [0.1, 0.15) is 0 Å². The summed E-state index contributed by atoms with van der Waals surface area (Å²) in [5.41, 5.74) is 2.95. The molecule has 1 aliphatic rings. The van der Waals surface area contributed by atoms with E-state index in [0.717, 1.165) is 48.0 Å². The number of halogens is 1. The van der Waals surface area contributed by atoms with Gasteiger partial charge in [0, 0.05) is 48.7 Å². The third-order valence-corrected chi connectivity index (χ3v) is 3.67. The molecule has 0 radical (unpaired) electrons. The molecule has 0 N–H and O–H groups in total. The van der Waals surface area contributed by atoms with E-state index in [9.17, 15) is 0 Å². The van der Waals surface area contributed by atoms with Crippen LogP contribution in [-0.2, 0) is 11.8 Å². The van der Waals surface area contributed by atoms with Gasteiger partial charge in [0.05, 0.1) is 11.9 Å². The van der Waals surface area contributed by atoms with Crippen LogP contribution in [0.3, 0.4) is 0 Å². The van der Waals surface area contributed by atoms with Crippen LogP contribution in [0.4, 0.5) is 0 Å². The summed E-state index contributed by atoms with van der Waals surface area (Å²) in [4.78, 5) is 4.75. The molecule has 2 aromatic heterocycles. The highest BCUT2D eigenvalue weighted by atomic mass is 35.5. The van der Waals surface area contributed by atoms with E-state index in [1.165, 1.54) is 0 Å². The lowest BCUT2D eigenvalue weighted by Crippen LogP contribution is -2.15. The van der Waals surface area contributed by atoms with Gasteiger partial charge >= 0.3 is 0 Å². The van der Waals surface area contributed by atoms with E-state index in [1.807, 2.05) is 31.6 Å². The Bertz CT molecular complexity index is 576. The molecular weight excluding hydrogens is 262 g/mol. The van der Waals surface area contributed by atoms with E-state index in [-0.39, 0.29) is 0 Å². The number of hydrogen-bond donors (Lipinski definition) is 0. The summed E-state index contributed by atoms with van der Waals surface area (Å²) in [5.74, 6) is 0.447. The van der Waals surface area contributed by atoms with Crippen molar-refractivity contribution in [2.75, 3.05) is 13.2 Å². The summed E-state index contributed by atoms with van der Waals surface area (Å²) in [6.45, 7) is 1.61. The highest BCUT2D eigenvalue weighted by molar-refractivity contribution is 6.30. The van der Waals surface area contributed by atoms with Crippen LogP contribution in [0.25, 0.3) is 11.3 Å². The Hall–Kier alpha value is -1.39. The van der Waals surface area contributed by atoms with Crippen molar-refractivity contribution in [3.63, 3.8) is 0 Å². The van der Waals surface area contributed by atoms with Crippen LogP contribution in [-0.4, -0.2) is 28.0 Å². The number of pyridine rings is 1. The summed E-state index contributed by atoms with van der Waals surface area (Å²) < 4.78 is 7.17. The predicted molar refractivity (Wildman–Crippen MR) is 74.2 cm³/mol. The van der Waals surface area contributed by atoms with Crippen LogP contribution >= 0.6 is 11.6 Å². The molecule has 100 valence electrons. The van der Waals surface area contributed by atoms with Crippen molar-refractivity contribution < 1.29 is 4.74 Å². The van der Waals surface area contributed by atoms with Gasteiger partial charge in [-0.1, -0.05) is 11.6 Å². The summed E-state index contributed by atoms with van der Waals surface area (Å²) in [5, 5.41) is 4.91. The van der Waals surface area contributed by atoms with Crippen molar-refractivity contribution in [3.8, 4) is 11.3 Å². The molecule has 1 fully saturated rings. The molecule has 3 heterocycles. The fraction of sp³-hybridized carbons (Fsp3) is 0.429. The molecule has 4 nitrogen and oxygen atoms in total. The molecule has 0 aromatic carbocycles. The quantitative estimate of drug-likeness (QED) is 0.847. The highest BCUT2D eigenvalue weighted by Crippen LogP contribution is 2.30. The summed E-state index contributed by atoms with van der Waals surface area (Å²) in [7, 11) is 1.90. The lowest BCUT2D eigenvalue weighted by Gasteiger charge is -2.22. The SMILES string of the molecule is Cn1cc(-c2cc(Cl)cc(C3CCOCC3)n2)cn1. The minimum atomic E-state index is 0.447. The van der Waals surface area contributed by atoms with Crippen LogP contribution in [0, 0.1) is 0 Å². The second-order valence-electron chi connectivity index (χ2n) is 4.88. The Morgan fingerprint density at radius 1 is 1.32 bits per heavy atom. The first-order chi connectivity index (χ1) is 9.22. The molecule has 1 aliphatic heterocycles. The molecule has 0 bridgehead atoms. The fourth-order valence-corrected chi connectivity index (χ4v) is 2.64. The second-order valence-corrected chi connectivity index (χ2v) is 5.32. The lowest BCUT2D eigenvalue weighted by molar-refractivity contribution is 0.0845. The molecular formula is C14H16ClN3O. The van der Waals surface area contributed by atoms with Gasteiger partial charge in [0.25, 0.3) is 0 Å². The third kappa shape index (κ3) is 2.80. The van der Waals surface area contributed by atoms with Crippen molar-refractivity contribution in [3.05, 3.63) is 35.2 Å². The van der Waals surface area contributed by atoms with E-state index in [4.69, 9.17) is 21.3 Å². The molecule has 5 heteroatoms. The smallest absolute Gasteiger partial charge is 0.0751 e. The van der Waals surface area contributed by atoms with E-state index < -0.39 is 0 Å². The Kier molecular flexibility index (Phi) is 3.53. The lowest BCUT2D eigenvalue weighted by atomic mass is 9.95. The van der Waals surface area contributed by atoms with E-state index >= 15 is 0 Å². The van der Waals surface area contributed by atoms with E-state index in [0.29, 0.717) is 5.92 Å². The van der Waals surface area contributed by atoms with Gasteiger partial charge in [-0.15, -0.1) is 0 Å². The van der Waals surface area contributed by atoms with Crippen LogP contribution in [0.5, 0.6) is 0 Å². The first-order valence-corrected chi connectivity index (χ1v) is 6.84. The monoisotopic (exact) mass is 277 g/mol. The highest BCUT2D eigenvalue weighted by Gasteiger charge is 2.18. The van der Waals surface area contributed by atoms with Crippen molar-refractivity contribution in [2.45, 2.75) is 18.8 Å². The van der Waals surface area contributed by atoms with Crippen molar-refractivity contribution >= 4 is 11.6 Å². The summed E-state index contributed by atoms with van der Waals surface area (Å²) in [6, 6.07) is 3.86. The number of aryl methyl sites for hydroxylation is 1. The van der Waals surface area contributed by atoms with Gasteiger partial charge in [0.15, 0.2) is 0 Å². The standard InChI is InChI=1S/C14H16ClN3O/c1-18-9-11(8-16-18)14-7-12(15)6-13(17-14)10-2-4-19-5-3-10/h6-10H,2-5H2,1H3. The maximum absolute atomic E-state index is 6.23. The predicted octanol–water partition coefficient (Wildman–Crippen LogP) is 3.03. The van der Waals surface area contributed by atoms with Gasteiger partial charge in [-0.2, -0.15) is 5.10 Å². The molecule has 0 amide bonds. The Labute approximate surface area is 117 Å². The minimum absolute atomic E-state index is 0.447. The van der Waals surface area contributed by atoms with Gasteiger partial charge in [-0.3, -0.25) is 9.67 Å². The fourth-order valence-electron chi connectivity index (χ4n) is 2.42. The Balaban J connectivity index is 1.95. The zero-order valence-electron chi connectivity index (χ0n) is 10.8. The van der Waals surface area contributed by atoms with Crippen molar-refractivity contribution in [2.24, 2.45) is 7.05 Å². The molecule has 2 aromatic rings. The van der Waals surface area contributed by atoms with E-state index in [1.54, 1.807) is 4.68 Å². The van der Waals surface area contributed by atoms with Crippen LogP contribution < -0.4 is 0 Å². The number of hydrogen-bond acceptors (Lipinski definition) is 3. The number of rotatable bonds is 2. The summed E-state index contributed by atoms with van der Waals surface area (Å²) in [6.07, 6.45) is 5.79. The molecule has 0 saturated carbocycles. The molecule has 1 saturated heterocycles. The third-order valence-electron chi connectivity index (χ3n) is 3.45. The first-order valence-electron chi connectivity index (χ1n) is 6.46. The zero-order valence-corrected chi connectivity index (χ0v) is 11.6. The van der Waals surface area contributed by atoms with Crippen LogP contribution in [0.1, 0.15) is 24.5 Å². The largest absolute Gasteiger partial charge is 0.381 e. The van der Waals surface area contributed by atoms with Gasteiger partial charge < -0.3 is 4.74 Å². The Morgan fingerprint density at radius 3 is 2.79 bits per heavy atom. The average Bonchev–Trinajstić information content (AvgIpc) is 2.86. The number of ether oxygens (including phenoxy) is 1. The normalized spacial score (nSPS) is 16.7. The maximum atomic E-state index is 6.23. The molecule has 0 aliphatic carbocycles.